The Bertz CT molecular complexity index is 805. The highest BCUT2D eigenvalue weighted by Crippen LogP contribution is 2.39. The van der Waals surface area contributed by atoms with Crippen LogP contribution in [0.15, 0.2) is 12.4 Å². The summed E-state index contributed by atoms with van der Waals surface area (Å²) in [6, 6.07) is 0.123. The summed E-state index contributed by atoms with van der Waals surface area (Å²) in [7, 11) is 0. The zero-order chi connectivity index (χ0) is 17.5. The van der Waals surface area contributed by atoms with E-state index in [1.54, 1.807) is 0 Å². The van der Waals surface area contributed by atoms with E-state index in [1.165, 1.54) is 12.8 Å². The molecule has 5 rings (SSSR count). The second kappa shape index (κ2) is 6.39. The van der Waals surface area contributed by atoms with Crippen LogP contribution in [0.2, 0.25) is 0 Å². The van der Waals surface area contributed by atoms with E-state index in [0.717, 1.165) is 30.4 Å². The van der Waals surface area contributed by atoms with Gasteiger partial charge in [-0.2, -0.15) is 0 Å². The van der Waals surface area contributed by atoms with Crippen LogP contribution in [0, 0.1) is 0 Å². The third-order valence-electron chi connectivity index (χ3n) is 5.41. The monoisotopic (exact) mass is 357 g/mol. The quantitative estimate of drug-likeness (QED) is 0.782. The Morgan fingerprint density at radius 2 is 1.73 bits per heavy atom. The number of urea groups is 1. The summed E-state index contributed by atoms with van der Waals surface area (Å²) in [4.78, 5) is 23.2. The van der Waals surface area contributed by atoms with Crippen molar-refractivity contribution in [3.63, 3.8) is 0 Å². The number of aromatic nitrogens is 4. The predicted octanol–water partition coefficient (Wildman–Crippen LogP) is 0.576. The maximum atomic E-state index is 12.6. The topological polar surface area (TPSA) is 79.1 Å². The molecule has 0 atom stereocenters. The highest BCUT2D eigenvalue weighted by Gasteiger charge is 2.31. The standard InChI is InChI=1S/C17H23N7O2/c25-17(23-9-11-26-12-10-23)22-7-5-21(6-8-22)15-16-20-19-14(13-1-2-13)24(16)4-3-18-15/h3-4,13H,1-2,5-12H2. The van der Waals surface area contributed by atoms with Crippen molar-refractivity contribution in [1.82, 2.24) is 29.4 Å². The molecule has 0 aromatic carbocycles. The Morgan fingerprint density at radius 1 is 1.00 bits per heavy atom. The zero-order valence-electron chi connectivity index (χ0n) is 14.8. The molecule has 2 aliphatic heterocycles. The molecule has 0 spiro atoms. The third-order valence-corrected chi connectivity index (χ3v) is 5.41. The second-order valence-corrected chi connectivity index (χ2v) is 7.13. The number of anilines is 1. The molecule has 0 bridgehead atoms. The van der Waals surface area contributed by atoms with E-state index in [9.17, 15) is 4.79 Å². The van der Waals surface area contributed by atoms with Crippen molar-refractivity contribution in [2.45, 2.75) is 18.8 Å². The molecular formula is C17H23N7O2. The number of carbonyl (C=O) groups excluding carboxylic acids is 1. The summed E-state index contributed by atoms with van der Waals surface area (Å²) >= 11 is 0. The minimum atomic E-state index is 0.123. The summed E-state index contributed by atoms with van der Waals surface area (Å²) < 4.78 is 7.41. The first-order valence-electron chi connectivity index (χ1n) is 9.37. The SMILES string of the molecule is O=C(N1CCOCC1)N1CCN(c2nccn3c(C4CC4)nnc23)CC1. The lowest BCUT2D eigenvalue weighted by Crippen LogP contribution is -2.55. The van der Waals surface area contributed by atoms with Gasteiger partial charge in [-0.05, 0) is 12.8 Å². The van der Waals surface area contributed by atoms with Gasteiger partial charge in [-0.15, -0.1) is 10.2 Å². The largest absolute Gasteiger partial charge is 0.378 e. The molecule has 0 unspecified atom stereocenters. The molecular weight excluding hydrogens is 334 g/mol. The number of carbonyl (C=O) groups is 1. The lowest BCUT2D eigenvalue weighted by atomic mass is 10.3. The molecule has 1 saturated carbocycles. The maximum absolute atomic E-state index is 12.6. The van der Waals surface area contributed by atoms with Crippen molar-refractivity contribution >= 4 is 17.5 Å². The molecule has 9 heteroatoms. The fourth-order valence-corrected chi connectivity index (χ4v) is 3.74. The lowest BCUT2D eigenvalue weighted by molar-refractivity contribution is 0.0428. The number of hydrogen-bond donors (Lipinski definition) is 0. The predicted molar refractivity (Wildman–Crippen MR) is 94.3 cm³/mol. The fraction of sp³-hybridized carbons (Fsp3) is 0.647. The van der Waals surface area contributed by atoms with Crippen molar-refractivity contribution in [2.75, 3.05) is 57.4 Å². The summed E-state index contributed by atoms with van der Waals surface area (Å²) in [6.07, 6.45) is 6.16. The highest BCUT2D eigenvalue weighted by molar-refractivity contribution is 5.75. The van der Waals surface area contributed by atoms with Crippen molar-refractivity contribution in [3.05, 3.63) is 18.2 Å². The van der Waals surface area contributed by atoms with Gasteiger partial charge in [0, 0.05) is 57.6 Å². The number of fused-ring (bicyclic) bond motifs is 1. The van der Waals surface area contributed by atoms with Crippen molar-refractivity contribution in [3.8, 4) is 0 Å². The highest BCUT2D eigenvalue weighted by atomic mass is 16.5. The van der Waals surface area contributed by atoms with E-state index in [2.05, 4.69) is 24.5 Å². The van der Waals surface area contributed by atoms with E-state index < -0.39 is 0 Å². The number of morpholine rings is 1. The molecule has 26 heavy (non-hydrogen) atoms. The molecule has 1 aliphatic carbocycles. The van der Waals surface area contributed by atoms with Crippen LogP contribution in [0.1, 0.15) is 24.6 Å². The Kier molecular flexibility index (Phi) is 3.88. The molecule has 0 N–H and O–H groups in total. The first kappa shape index (κ1) is 15.8. The number of rotatable bonds is 2. The summed E-state index contributed by atoms with van der Waals surface area (Å²) in [6.45, 7) is 5.54. The molecule has 3 aliphatic rings. The summed E-state index contributed by atoms with van der Waals surface area (Å²) in [5.74, 6) is 2.46. The van der Waals surface area contributed by atoms with Gasteiger partial charge in [-0.1, -0.05) is 0 Å². The van der Waals surface area contributed by atoms with Gasteiger partial charge in [0.15, 0.2) is 5.82 Å². The van der Waals surface area contributed by atoms with Gasteiger partial charge in [0.1, 0.15) is 5.82 Å². The van der Waals surface area contributed by atoms with Gasteiger partial charge < -0.3 is 19.4 Å². The molecule has 4 heterocycles. The first-order chi connectivity index (χ1) is 12.8. The van der Waals surface area contributed by atoms with E-state index in [-0.39, 0.29) is 6.03 Å². The van der Waals surface area contributed by atoms with Crippen molar-refractivity contribution in [2.24, 2.45) is 0 Å². The van der Waals surface area contributed by atoms with Gasteiger partial charge in [-0.3, -0.25) is 4.40 Å². The van der Waals surface area contributed by atoms with E-state index in [4.69, 9.17) is 4.74 Å². The van der Waals surface area contributed by atoms with E-state index in [1.807, 2.05) is 22.2 Å². The van der Waals surface area contributed by atoms with Crippen LogP contribution in [-0.4, -0.2) is 87.9 Å². The van der Waals surface area contributed by atoms with Gasteiger partial charge in [0.2, 0.25) is 5.65 Å². The molecule has 2 amide bonds. The van der Waals surface area contributed by atoms with Crippen LogP contribution in [-0.2, 0) is 4.74 Å². The molecule has 138 valence electrons. The minimum absolute atomic E-state index is 0.123. The molecule has 0 radical (unpaired) electrons. The van der Waals surface area contributed by atoms with E-state index in [0.29, 0.717) is 45.3 Å². The van der Waals surface area contributed by atoms with Crippen LogP contribution in [0.4, 0.5) is 10.6 Å². The molecule has 2 saturated heterocycles. The van der Waals surface area contributed by atoms with Crippen molar-refractivity contribution in [1.29, 1.82) is 0 Å². The van der Waals surface area contributed by atoms with Crippen LogP contribution in [0.3, 0.4) is 0 Å². The zero-order valence-corrected chi connectivity index (χ0v) is 14.8. The van der Waals surface area contributed by atoms with Crippen LogP contribution in [0.25, 0.3) is 5.65 Å². The smallest absolute Gasteiger partial charge is 0.320 e. The average molecular weight is 357 g/mol. The van der Waals surface area contributed by atoms with Gasteiger partial charge in [0.25, 0.3) is 0 Å². The molecule has 3 fully saturated rings. The Balaban J connectivity index is 1.29. The number of hydrogen-bond acceptors (Lipinski definition) is 6. The number of piperazine rings is 1. The van der Waals surface area contributed by atoms with Crippen molar-refractivity contribution < 1.29 is 9.53 Å². The second-order valence-electron chi connectivity index (χ2n) is 7.13. The lowest BCUT2D eigenvalue weighted by Gasteiger charge is -2.38. The van der Waals surface area contributed by atoms with Gasteiger partial charge in [0.05, 0.1) is 13.2 Å². The Labute approximate surface area is 151 Å². The van der Waals surface area contributed by atoms with Crippen LogP contribution in [0.5, 0.6) is 0 Å². The minimum Gasteiger partial charge on any atom is -0.378 e. The first-order valence-corrected chi connectivity index (χ1v) is 9.37. The van der Waals surface area contributed by atoms with Crippen LogP contribution < -0.4 is 4.90 Å². The normalized spacial score (nSPS) is 21.5. The Morgan fingerprint density at radius 3 is 2.46 bits per heavy atom. The maximum Gasteiger partial charge on any atom is 0.320 e. The number of amides is 2. The fourth-order valence-electron chi connectivity index (χ4n) is 3.74. The Hall–Kier alpha value is -2.42. The van der Waals surface area contributed by atoms with Crippen LogP contribution >= 0.6 is 0 Å². The molecule has 2 aromatic rings. The van der Waals surface area contributed by atoms with Gasteiger partial charge in [-0.25, -0.2) is 9.78 Å². The molecule has 9 nitrogen and oxygen atoms in total. The number of ether oxygens (including phenoxy) is 1. The average Bonchev–Trinajstić information content (AvgIpc) is 3.46. The van der Waals surface area contributed by atoms with E-state index >= 15 is 0 Å². The molecule has 2 aromatic heterocycles. The summed E-state index contributed by atoms with van der Waals surface area (Å²) in [5.41, 5.74) is 0.822. The third kappa shape index (κ3) is 2.76. The van der Waals surface area contributed by atoms with Gasteiger partial charge >= 0.3 is 6.03 Å². The summed E-state index contributed by atoms with van der Waals surface area (Å²) in [5, 5.41) is 8.77. The number of nitrogens with zero attached hydrogens (tertiary/aromatic N) is 7.